The highest BCUT2D eigenvalue weighted by Crippen LogP contribution is 2.30. The summed E-state index contributed by atoms with van der Waals surface area (Å²) >= 11 is 0. The van der Waals surface area contributed by atoms with Crippen LogP contribution in [0.3, 0.4) is 0 Å². The SMILES string of the molecule is CCS(=N)(=O)C1CCC(C)C1. The highest BCUT2D eigenvalue weighted by Gasteiger charge is 2.28. The topological polar surface area (TPSA) is 40.9 Å². The van der Waals surface area contributed by atoms with E-state index >= 15 is 0 Å². The predicted molar refractivity (Wildman–Crippen MR) is 48.2 cm³/mol. The molecule has 1 fully saturated rings. The van der Waals surface area contributed by atoms with Gasteiger partial charge in [0, 0.05) is 20.7 Å². The third kappa shape index (κ3) is 1.95. The molecule has 1 aliphatic rings. The van der Waals surface area contributed by atoms with E-state index < -0.39 is 9.73 Å². The van der Waals surface area contributed by atoms with Crippen molar-refractivity contribution >= 4 is 9.73 Å². The highest BCUT2D eigenvalue weighted by atomic mass is 32.2. The van der Waals surface area contributed by atoms with Crippen molar-refractivity contribution < 1.29 is 4.21 Å². The third-order valence-electron chi connectivity index (χ3n) is 2.61. The molecule has 0 bridgehead atoms. The van der Waals surface area contributed by atoms with E-state index in [-0.39, 0.29) is 5.25 Å². The van der Waals surface area contributed by atoms with Crippen molar-refractivity contribution in [1.29, 1.82) is 4.78 Å². The molecule has 1 aliphatic carbocycles. The summed E-state index contributed by atoms with van der Waals surface area (Å²) in [5.74, 6) is 1.22. The second-order valence-corrected chi connectivity index (χ2v) is 6.25. The maximum absolute atomic E-state index is 11.6. The van der Waals surface area contributed by atoms with E-state index in [2.05, 4.69) is 6.92 Å². The number of rotatable bonds is 2. The maximum Gasteiger partial charge on any atom is 0.0467 e. The number of hydrogen-bond acceptors (Lipinski definition) is 2. The molecule has 0 saturated heterocycles. The second-order valence-electron chi connectivity index (χ2n) is 3.56. The Morgan fingerprint density at radius 3 is 2.55 bits per heavy atom. The summed E-state index contributed by atoms with van der Waals surface area (Å²) in [6, 6.07) is 0. The van der Waals surface area contributed by atoms with Gasteiger partial charge in [-0.3, -0.25) is 4.78 Å². The molecule has 1 rings (SSSR count). The fourth-order valence-electron chi connectivity index (χ4n) is 1.74. The fourth-order valence-corrected chi connectivity index (χ4v) is 3.36. The molecule has 0 aromatic carbocycles. The zero-order chi connectivity index (χ0) is 8.48. The Morgan fingerprint density at radius 2 is 2.18 bits per heavy atom. The highest BCUT2D eigenvalue weighted by molar-refractivity contribution is 7.93. The van der Waals surface area contributed by atoms with Crippen molar-refractivity contribution in [1.82, 2.24) is 0 Å². The predicted octanol–water partition coefficient (Wildman–Crippen LogP) is 2.24. The average molecular weight is 175 g/mol. The molecule has 1 saturated carbocycles. The van der Waals surface area contributed by atoms with Gasteiger partial charge in [0.2, 0.25) is 0 Å². The normalized spacial score (nSPS) is 36.9. The Morgan fingerprint density at radius 1 is 1.55 bits per heavy atom. The fraction of sp³-hybridized carbons (Fsp3) is 1.00. The van der Waals surface area contributed by atoms with Gasteiger partial charge in [-0.05, 0) is 25.2 Å². The van der Waals surface area contributed by atoms with Crippen LogP contribution in [-0.4, -0.2) is 15.2 Å². The second kappa shape index (κ2) is 3.13. The van der Waals surface area contributed by atoms with E-state index in [1.54, 1.807) is 0 Å². The largest absolute Gasteiger partial charge is 0.253 e. The standard InChI is InChI=1S/C8H17NOS/c1-3-11(9,10)8-5-4-7(2)6-8/h7-9H,3-6H2,1-2H3. The first kappa shape index (κ1) is 9.04. The Kier molecular flexibility index (Phi) is 2.58. The van der Waals surface area contributed by atoms with Gasteiger partial charge >= 0.3 is 0 Å². The van der Waals surface area contributed by atoms with Crippen molar-refractivity contribution in [3.05, 3.63) is 0 Å². The molecule has 3 heteroatoms. The lowest BCUT2D eigenvalue weighted by molar-refractivity contribution is 0.608. The molecule has 0 spiro atoms. The molecular weight excluding hydrogens is 158 g/mol. The minimum atomic E-state index is -2.23. The van der Waals surface area contributed by atoms with Crippen LogP contribution in [0.4, 0.5) is 0 Å². The van der Waals surface area contributed by atoms with Crippen LogP contribution in [0.2, 0.25) is 0 Å². The van der Waals surface area contributed by atoms with E-state index in [4.69, 9.17) is 4.78 Å². The molecule has 66 valence electrons. The molecule has 0 radical (unpaired) electrons. The lowest BCUT2D eigenvalue weighted by Crippen LogP contribution is -2.18. The third-order valence-corrected chi connectivity index (χ3v) is 4.98. The molecule has 0 amide bonds. The lowest BCUT2D eigenvalue weighted by Gasteiger charge is -2.11. The van der Waals surface area contributed by atoms with E-state index in [1.807, 2.05) is 6.92 Å². The molecule has 0 heterocycles. The van der Waals surface area contributed by atoms with E-state index in [0.717, 1.165) is 12.8 Å². The summed E-state index contributed by atoms with van der Waals surface area (Å²) < 4.78 is 19.2. The lowest BCUT2D eigenvalue weighted by atomic mass is 10.1. The quantitative estimate of drug-likeness (QED) is 0.687. The molecule has 1 N–H and O–H groups in total. The molecule has 11 heavy (non-hydrogen) atoms. The van der Waals surface area contributed by atoms with Gasteiger partial charge in [-0.15, -0.1) is 0 Å². The van der Waals surface area contributed by atoms with E-state index in [9.17, 15) is 4.21 Å². The molecule has 0 aromatic heterocycles. The van der Waals surface area contributed by atoms with Crippen LogP contribution in [0, 0.1) is 10.7 Å². The van der Waals surface area contributed by atoms with Crippen molar-refractivity contribution in [2.45, 2.75) is 38.4 Å². The van der Waals surface area contributed by atoms with Gasteiger partial charge < -0.3 is 0 Å². The van der Waals surface area contributed by atoms with Gasteiger partial charge in [-0.25, -0.2) is 4.21 Å². The van der Waals surface area contributed by atoms with Gasteiger partial charge in [-0.1, -0.05) is 13.8 Å². The first-order valence-corrected chi connectivity index (χ1v) is 6.10. The summed E-state index contributed by atoms with van der Waals surface area (Å²) in [4.78, 5) is 0. The van der Waals surface area contributed by atoms with Crippen molar-refractivity contribution in [3.63, 3.8) is 0 Å². The molecule has 0 aromatic rings. The minimum absolute atomic E-state index is 0.197. The van der Waals surface area contributed by atoms with E-state index in [0.29, 0.717) is 11.7 Å². The Hall–Kier alpha value is -0.0500. The summed E-state index contributed by atoms with van der Waals surface area (Å²) in [6.07, 6.45) is 3.19. The summed E-state index contributed by atoms with van der Waals surface area (Å²) in [6.45, 7) is 4.05. The molecule has 0 aliphatic heterocycles. The van der Waals surface area contributed by atoms with Crippen LogP contribution < -0.4 is 0 Å². The average Bonchev–Trinajstić information content (AvgIpc) is 2.36. The monoisotopic (exact) mass is 175 g/mol. The zero-order valence-corrected chi connectivity index (χ0v) is 8.12. The molecule has 3 atom stereocenters. The number of hydrogen-bond donors (Lipinski definition) is 1. The van der Waals surface area contributed by atoms with E-state index in [1.165, 1.54) is 6.42 Å². The first-order valence-electron chi connectivity index (χ1n) is 4.31. The van der Waals surface area contributed by atoms with Crippen LogP contribution in [0.25, 0.3) is 0 Å². The number of nitrogens with one attached hydrogen (secondary N) is 1. The van der Waals surface area contributed by atoms with Crippen molar-refractivity contribution in [3.8, 4) is 0 Å². The minimum Gasteiger partial charge on any atom is -0.253 e. The van der Waals surface area contributed by atoms with Crippen LogP contribution in [0.1, 0.15) is 33.1 Å². The van der Waals surface area contributed by atoms with Crippen LogP contribution >= 0.6 is 0 Å². The summed E-state index contributed by atoms with van der Waals surface area (Å²) in [5, 5.41) is 0.197. The molecule has 2 nitrogen and oxygen atoms in total. The van der Waals surface area contributed by atoms with Gasteiger partial charge in [0.1, 0.15) is 0 Å². The Labute approximate surface area is 69.4 Å². The van der Waals surface area contributed by atoms with Gasteiger partial charge in [0.15, 0.2) is 0 Å². The summed E-state index contributed by atoms with van der Waals surface area (Å²) in [7, 11) is -2.23. The maximum atomic E-state index is 11.6. The molecule has 3 unspecified atom stereocenters. The Bertz CT molecular complexity index is 220. The molecular formula is C8H17NOS. The van der Waals surface area contributed by atoms with Crippen LogP contribution in [-0.2, 0) is 9.73 Å². The van der Waals surface area contributed by atoms with Crippen LogP contribution in [0.15, 0.2) is 0 Å². The van der Waals surface area contributed by atoms with Crippen molar-refractivity contribution in [2.24, 2.45) is 5.92 Å². The smallest absolute Gasteiger partial charge is 0.0467 e. The zero-order valence-electron chi connectivity index (χ0n) is 7.30. The Balaban J connectivity index is 2.64. The van der Waals surface area contributed by atoms with Gasteiger partial charge in [0.05, 0.1) is 0 Å². The van der Waals surface area contributed by atoms with Gasteiger partial charge in [-0.2, -0.15) is 0 Å². The summed E-state index contributed by atoms with van der Waals surface area (Å²) in [5.41, 5.74) is 0. The van der Waals surface area contributed by atoms with Gasteiger partial charge in [0.25, 0.3) is 0 Å². The van der Waals surface area contributed by atoms with Crippen molar-refractivity contribution in [2.75, 3.05) is 5.75 Å². The van der Waals surface area contributed by atoms with Crippen LogP contribution in [0.5, 0.6) is 0 Å². The first-order chi connectivity index (χ1) is 5.06.